The van der Waals surface area contributed by atoms with Crippen LogP contribution in [0.25, 0.3) is 0 Å². The van der Waals surface area contributed by atoms with Crippen molar-refractivity contribution in [3.63, 3.8) is 0 Å². The van der Waals surface area contributed by atoms with Crippen molar-refractivity contribution in [2.45, 2.75) is 200 Å². The molecule has 2 atom stereocenters. The number of esters is 2. The zero-order valence-electron chi connectivity index (χ0n) is 34.0. The Labute approximate surface area is 324 Å². The minimum Gasteiger partial charge on any atom is -0.462 e. The summed E-state index contributed by atoms with van der Waals surface area (Å²) < 4.78 is 32.7. The molecule has 0 aromatic carbocycles. The zero-order valence-corrected chi connectivity index (χ0v) is 34.9. The minimum absolute atomic E-state index is 0.0498. The first-order valence-electron chi connectivity index (χ1n) is 21.5. The largest absolute Gasteiger partial charge is 0.472 e. The second-order valence-corrected chi connectivity index (χ2v) is 15.7. The third kappa shape index (κ3) is 39.7. The van der Waals surface area contributed by atoms with Crippen LogP contribution in [0, 0.1) is 0 Å². The van der Waals surface area contributed by atoms with E-state index < -0.39 is 26.5 Å². The molecule has 0 aromatic heterocycles. The van der Waals surface area contributed by atoms with Crippen molar-refractivity contribution in [2.75, 3.05) is 26.4 Å². The van der Waals surface area contributed by atoms with Crippen LogP contribution in [0.4, 0.5) is 0 Å². The number of ether oxygens (including phenoxy) is 2. The Morgan fingerprint density at radius 3 is 1.49 bits per heavy atom. The van der Waals surface area contributed by atoms with Gasteiger partial charge in [-0.2, -0.15) is 0 Å². The van der Waals surface area contributed by atoms with Crippen molar-refractivity contribution in [1.29, 1.82) is 0 Å². The first kappa shape index (κ1) is 51.2. The van der Waals surface area contributed by atoms with Crippen LogP contribution in [-0.4, -0.2) is 49.3 Å². The normalized spacial score (nSPS) is 13.7. The summed E-state index contributed by atoms with van der Waals surface area (Å²) in [6, 6.07) is 0. The summed E-state index contributed by atoms with van der Waals surface area (Å²) in [4.78, 5) is 34.8. The molecular formula is C43H80NO8P. The average Bonchev–Trinajstić information content (AvgIpc) is 3.14. The Morgan fingerprint density at radius 2 is 0.981 bits per heavy atom. The Hall–Kier alpha value is -1.77. The highest BCUT2D eigenvalue weighted by Gasteiger charge is 2.26. The van der Waals surface area contributed by atoms with E-state index in [9.17, 15) is 19.0 Å². The number of phosphoric acid groups is 1. The molecular weight excluding hydrogens is 689 g/mol. The summed E-state index contributed by atoms with van der Waals surface area (Å²) in [6.07, 6.45) is 43.1. The molecule has 0 fully saturated rings. The lowest BCUT2D eigenvalue weighted by Crippen LogP contribution is -2.29. The summed E-state index contributed by atoms with van der Waals surface area (Å²) in [6.45, 7) is 3.69. The van der Waals surface area contributed by atoms with Gasteiger partial charge in [-0.25, -0.2) is 4.57 Å². The van der Waals surface area contributed by atoms with Crippen LogP contribution in [0.1, 0.15) is 194 Å². The first-order chi connectivity index (χ1) is 25.8. The van der Waals surface area contributed by atoms with Gasteiger partial charge in [-0.3, -0.25) is 18.6 Å². The molecule has 0 saturated heterocycles. The topological polar surface area (TPSA) is 134 Å². The van der Waals surface area contributed by atoms with E-state index in [1.165, 1.54) is 103 Å². The smallest absolute Gasteiger partial charge is 0.462 e. The van der Waals surface area contributed by atoms with Crippen molar-refractivity contribution in [3.05, 3.63) is 36.5 Å². The number of hydrogen-bond donors (Lipinski definition) is 2. The zero-order chi connectivity index (χ0) is 38.9. The van der Waals surface area contributed by atoms with E-state index >= 15 is 0 Å². The third-order valence-corrected chi connectivity index (χ3v) is 10.0. The molecule has 0 aliphatic rings. The summed E-state index contributed by atoms with van der Waals surface area (Å²) in [7, 11) is -4.38. The molecule has 0 aliphatic carbocycles. The van der Waals surface area contributed by atoms with Crippen LogP contribution in [0.3, 0.4) is 0 Å². The van der Waals surface area contributed by atoms with Gasteiger partial charge in [-0.1, -0.05) is 166 Å². The van der Waals surface area contributed by atoms with Crippen molar-refractivity contribution >= 4 is 19.8 Å². The van der Waals surface area contributed by atoms with Gasteiger partial charge >= 0.3 is 19.8 Å². The summed E-state index contributed by atoms with van der Waals surface area (Å²) in [5, 5.41) is 0. The van der Waals surface area contributed by atoms with Crippen LogP contribution in [-0.2, 0) is 32.7 Å². The molecule has 0 aliphatic heterocycles. The standard InChI is InChI=1S/C43H80NO8P/c1-3-5-7-9-11-13-15-17-19-20-22-24-26-28-30-32-34-36-43(46)52-41(40-51-53(47,48)50-38-37-44)39-49-42(45)35-33-31-29-27-25-23-21-18-16-14-12-10-8-6-4-2/h11,13,17,19,22,24,41H,3-10,12,14-16,18,20-21,23,25-40,44H2,1-2H3,(H,47,48)/b13-11+,19-17-,24-22+/t41-/m1/s1. The number of phosphoric ester groups is 1. The van der Waals surface area contributed by atoms with Crippen LogP contribution in [0.15, 0.2) is 36.5 Å². The van der Waals surface area contributed by atoms with Gasteiger partial charge in [0.25, 0.3) is 0 Å². The molecule has 9 nitrogen and oxygen atoms in total. The van der Waals surface area contributed by atoms with E-state index in [0.29, 0.717) is 6.42 Å². The lowest BCUT2D eigenvalue weighted by molar-refractivity contribution is -0.161. The maximum atomic E-state index is 12.6. The molecule has 0 amide bonds. The molecule has 1 unspecified atom stereocenters. The molecule has 0 saturated carbocycles. The highest BCUT2D eigenvalue weighted by molar-refractivity contribution is 7.47. The molecule has 0 rings (SSSR count). The van der Waals surface area contributed by atoms with E-state index in [4.69, 9.17) is 24.3 Å². The van der Waals surface area contributed by atoms with Gasteiger partial charge in [0.2, 0.25) is 0 Å². The maximum absolute atomic E-state index is 12.6. The van der Waals surface area contributed by atoms with Crippen molar-refractivity contribution < 1.29 is 37.6 Å². The molecule has 310 valence electrons. The number of carbonyl (C=O) groups is 2. The van der Waals surface area contributed by atoms with Gasteiger partial charge < -0.3 is 20.1 Å². The Morgan fingerprint density at radius 1 is 0.566 bits per heavy atom. The van der Waals surface area contributed by atoms with Gasteiger partial charge in [0.1, 0.15) is 6.61 Å². The second kappa shape index (κ2) is 39.9. The second-order valence-electron chi connectivity index (χ2n) is 14.2. The van der Waals surface area contributed by atoms with Crippen LogP contribution in [0.5, 0.6) is 0 Å². The van der Waals surface area contributed by atoms with Gasteiger partial charge in [0, 0.05) is 19.4 Å². The molecule has 0 bridgehead atoms. The molecule has 53 heavy (non-hydrogen) atoms. The van der Waals surface area contributed by atoms with Gasteiger partial charge in [0.05, 0.1) is 13.2 Å². The predicted molar refractivity (Wildman–Crippen MR) is 220 cm³/mol. The molecule has 10 heteroatoms. The van der Waals surface area contributed by atoms with E-state index in [0.717, 1.165) is 57.8 Å². The fraction of sp³-hybridized carbons (Fsp3) is 0.814. The van der Waals surface area contributed by atoms with E-state index in [-0.39, 0.29) is 38.6 Å². The number of unbranched alkanes of at least 4 members (excludes halogenated alkanes) is 21. The monoisotopic (exact) mass is 770 g/mol. The minimum atomic E-state index is -4.38. The van der Waals surface area contributed by atoms with E-state index in [2.05, 4.69) is 50.3 Å². The van der Waals surface area contributed by atoms with Crippen LogP contribution >= 0.6 is 7.82 Å². The van der Waals surface area contributed by atoms with Crippen LogP contribution in [0.2, 0.25) is 0 Å². The fourth-order valence-corrected chi connectivity index (χ4v) is 6.58. The lowest BCUT2D eigenvalue weighted by Gasteiger charge is -2.19. The molecule has 0 spiro atoms. The quantitative estimate of drug-likeness (QED) is 0.0270. The lowest BCUT2D eigenvalue weighted by atomic mass is 10.0. The highest BCUT2D eigenvalue weighted by Crippen LogP contribution is 2.43. The molecule has 0 radical (unpaired) electrons. The van der Waals surface area contributed by atoms with Gasteiger partial charge in [-0.15, -0.1) is 0 Å². The first-order valence-corrected chi connectivity index (χ1v) is 23.0. The van der Waals surface area contributed by atoms with Gasteiger partial charge in [0.15, 0.2) is 6.10 Å². The van der Waals surface area contributed by atoms with Crippen molar-refractivity contribution in [3.8, 4) is 0 Å². The number of hydrogen-bond acceptors (Lipinski definition) is 8. The SMILES string of the molecule is CCCCC/C=C/C/C=C\C/C=C/CCCCCCC(=O)O[C@H](COC(=O)CCCCCCCCCCCCCCCCC)COP(=O)(O)OCCN. The predicted octanol–water partition coefficient (Wildman–Crippen LogP) is 12.2. The Kier molecular flexibility index (Phi) is 38.6. The third-order valence-electron chi connectivity index (χ3n) is 9.03. The molecule has 0 heterocycles. The number of nitrogens with two attached hydrogens (primary N) is 1. The number of allylic oxidation sites excluding steroid dienone is 6. The van der Waals surface area contributed by atoms with Crippen molar-refractivity contribution in [1.82, 2.24) is 0 Å². The molecule has 3 N–H and O–H groups in total. The summed E-state index contributed by atoms with van der Waals surface area (Å²) in [5.74, 6) is -0.849. The van der Waals surface area contributed by atoms with Gasteiger partial charge in [-0.05, 0) is 51.4 Å². The fourth-order valence-electron chi connectivity index (χ4n) is 5.82. The summed E-state index contributed by atoms with van der Waals surface area (Å²) >= 11 is 0. The van der Waals surface area contributed by atoms with Crippen LogP contribution < -0.4 is 5.73 Å². The number of carbonyl (C=O) groups excluding carboxylic acids is 2. The Bertz CT molecular complexity index is 970. The summed E-state index contributed by atoms with van der Waals surface area (Å²) in [5.41, 5.74) is 5.34. The van der Waals surface area contributed by atoms with E-state index in [1.54, 1.807) is 0 Å². The average molecular weight is 770 g/mol. The van der Waals surface area contributed by atoms with E-state index in [1.807, 2.05) is 0 Å². The van der Waals surface area contributed by atoms with Crippen molar-refractivity contribution in [2.24, 2.45) is 5.73 Å². The number of rotatable bonds is 40. The molecule has 0 aromatic rings. The maximum Gasteiger partial charge on any atom is 0.472 e. The Balaban J connectivity index is 4.20. The highest BCUT2D eigenvalue weighted by atomic mass is 31.2.